The highest BCUT2D eigenvalue weighted by Gasteiger charge is 2.22. The maximum absolute atomic E-state index is 11.4. The summed E-state index contributed by atoms with van der Waals surface area (Å²) in [5, 5.41) is 9.29. The van der Waals surface area contributed by atoms with Crippen LogP contribution in [0.4, 0.5) is 0 Å². The zero-order valence-corrected chi connectivity index (χ0v) is 21.2. The van der Waals surface area contributed by atoms with Crippen LogP contribution in [0.2, 0.25) is 0 Å². The summed E-state index contributed by atoms with van der Waals surface area (Å²) in [7, 11) is 5.34. The van der Waals surface area contributed by atoms with Crippen LogP contribution < -0.4 is 5.11 Å². The molecule has 8 heteroatoms. The molecule has 0 amide bonds. The molecule has 182 valence electrons. The van der Waals surface area contributed by atoms with Crippen molar-refractivity contribution in [2.24, 2.45) is 0 Å². The molecule has 0 aromatic heterocycles. The summed E-state index contributed by atoms with van der Waals surface area (Å²) in [5.74, 6) is -1.00. The van der Waals surface area contributed by atoms with Crippen molar-refractivity contribution in [1.29, 1.82) is 0 Å². The molecule has 0 bridgehead atoms. The van der Waals surface area contributed by atoms with Crippen molar-refractivity contribution >= 4 is 16.1 Å². The molecule has 0 aliphatic heterocycles. The van der Waals surface area contributed by atoms with Gasteiger partial charge in [-0.25, -0.2) is 0 Å². The van der Waals surface area contributed by atoms with E-state index in [4.69, 9.17) is 0 Å². The summed E-state index contributed by atoms with van der Waals surface area (Å²) < 4.78 is 32.5. The average Bonchev–Trinajstić information content (AvgIpc) is 2.56. The fourth-order valence-corrected chi connectivity index (χ4v) is 3.96. The Hall–Kier alpha value is -0.700. The molecule has 30 heavy (non-hydrogen) atoms. The molecule has 0 radical (unpaired) electrons. The Morgan fingerprint density at radius 3 is 1.63 bits per heavy atom. The van der Waals surface area contributed by atoms with E-state index in [0.29, 0.717) is 23.9 Å². The molecule has 0 rings (SSSR count). The van der Waals surface area contributed by atoms with Gasteiger partial charge in [0.05, 0.1) is 32.4 Å². The van der Waals surface area contributed by atoms with Crippen LogP contribution in [-0.4, -0.2) is 81.9 Å². The van der Waals surface area contributed by atoms with Gasteiger partial charge in [0.2, 0.25) is 0 Å². The monoisotopic (exact) mass is 452 g/mol. The van der Waals surface area contributed by atoms with Crippen molar-refractivity contribution in [2.75, 3.05) is 48.3 Å². The third kappa shape index (κ3) is 25.3. The lowest BCUT2D eigenvalue weighted by Gasteiger charge is -2.23. The second-order valence-corrected chi connectivity index (χ2v) is 11.2. The smallest absolute Gasteiger partial charge is 0.267 e. The van der Waals surface area contributed by atoms with Crippen LogP contribution in [-0.2, 0) is 14.9 Å². The molecular formula is C22H48N2O5S. The molecule has 0 aliphatic rings. The van der Waals surface area contributed by atoms with E-state index < -0.39 is 21.3 Å². The van der Waals surface area contributed by atoms with Gasteiger partial charge in [-0.1, -0.05) is 71.1 Å². The zero-order valence-electron chi connectivity index (χ0n) is 20.4. The van der Waals surface area contributed by atoms with Gasteiger partial charge >= 0.3 is 0 Å². The third-order valence-corrected chi connectivity index (χ3v) is 6.12. The fourth-order valence-electron chi connectivity index (χ4n) is 3.09. The van der Waals surface area contributed by atoms with E-state index in [0.717, 1.165) is 12.8 Å². The molecule has 0 aromatic rings. The molecule has 1 unspecified atom stereocenters. The van der Waals surface area contributed by atoms with E-state index in [9.17, 15) is 22.9 Å². The van der Waals surface area contributed by atoms with Crippen molar-refractivity contribution in [3.05, 3.63) is 0 Å². The lowest BCUT2D eigenvalue weighted by molar-refractivity contribution is -0.864. The number of aliphatic carboxylic acids is 1. The molecule has 1 N–H and O–H groups in total. The molecule has 0 saturated heterocycles. The summed E-state index contributed by atoms with van der Waals surface area (Å²) in [5.41, 5.74) is 0. The van der Waals surface area contributed by atoms with Gasteiger partial charge in [0.15, 0.2) is 0 Å². The highest BCUT2D eigenvalue weighted by atomic mass is 32.2. The van der Waals surface area contributed by atoms with Gasteiger partial charge in [0.25, 0.3) is 10.1 Å². The average molecular weight is 453 g/mol. The highest BCUT2D eigenvalue weighted by molar-refractivity contribution is 7.86. The molecule has 0 saturated carbocycles. The van der Waals surface area contributed by atoms with Gasteiger partial charge in [-0.3, -0.25) is 4.55 Å². The number of carboxylic acids is 1. The van der Waals surface area contributed by atoms with Gasteiger partial charge in [0.1, 0.15) is 6.54 Å². The minimum atomic E-state index is -3.90. The first-order valence-electron chi connectivity index (χ1n) is 11.4. The number of carbonyl (C=O) groups is 1. The first kappa shape index (κ1) is 31.5. The number of rotatable bonds is 17. The number of carbonyl (C=O) groups excluding carboxylic acids is 1. The van der Waals surface area contributed by atoms with Crippen molar-refractivity contribution in [3.8, 4) is 0 Å². The second kappa shape index (κ2) is 17.9. The maximum Gasteiger partial charge on any atom is 0.267 e. The summed E-state index contributed by atoms with van der Waals surface area (Å²) in [4.78, 5) is 11.8. The molecule has 0 heterocycles. The van der Waals surface area contributed by atoms with Gasteiger partial charge in [-0.05, 0) is 33.5 Å². The summed E-state index contributed by atoms with van der Waals surface area (Å²) >= 11 is 0. The summed E-state index contributed by atoms with van der Waals surface area (Å²) in [6, 6.07) is 0. The number of hydrogen-bond donors (Lipinski definition) is 1. The number of quaternary nitrogens is 1. The molecule has 7 nitrogen and oxygen atoms in total. The van der Waals surface area contributed by atoms with E-state index in [-0.39, 0.29) is 6.54 Å². The van der Waals surface area contributed by atoms with Crippen LogP contribution in [0.3, 0.4) is 0 Å². The lowest BCUT2D eigenvalue weighted by Crippen LogP contribution is -2.45. The first-order valence-corrected chi connectivity index (χ1v) is 12.9. The number of unbranched alkanes of at least 4 members (excludes halogenated alkanes) is 9. The highest BCUT2D eigenvalue weighted by Crippen LogP contribution is 2.16. The Balaban J connectivity index is 0. The predicted molar refractivity (Wildman–Crippen MR) is 123 cm³/mol. The van der Waals surface area contributed by atoms with Crippen molar-refractivity contribution in [3.63, 3.8) is 0 Å². The van der Waals surface area contributed by atoms with E-state index in [1.54, 1.807) is 21.1 Å². The Morgan fingerprint density at radius 2 is 1.33 bits per heavy atom. The topological polar surface area (TPSA) is 97.7 Å². The molecule has 0 spiro atoms. The fraction of sp³-hybridized carbons (Fsp3) is 0.955. The Bertz CT molecular complexity index is 516. The third-order valence-electron chi connectivity index (χ3n) is 4.80. The van der Waals surface area contributed by atoms with Crippen molar-refractivity contribution in [1.82, 2.24) is 4.90 Å². The van der Waals surface area contributed by atoms with Crippen LogP contribution in [0.1, 0.15) is 84.0 Å². The van der Waals surface area contributed by atoms with E-state index in [1.165, 1.54) is 51.4 Å². The largest absolute Gasteiger partial charge is 0.544 e. The van der Waals surface area contributed by atoms with Gasteiger partial charge < -0.3 is 19.3 Å². The van der Waals surface area contributed by atoms with Crippen LogP contribution in [0, 0.1) is 0 Å². The Labute approximate surface area is 186 Å². The number of nitrogens with zero attached hydrogens (tertiary/aromatic N) is 2. The number of hydrogen-bond acceptors (Lipinski definition) is 5. The molecule has 1 atom stereocenters. The van der Waals surface area contributed by atoms with Crippen LogP contribution in [0.5, 0.6) is 0 Å². The Morgan fingerprint density at radius 1 is 0.900 bits per heavy atom. The standard InChI is InChI=1S/C17H37NO3S.C5H11NO2/c1-4-5-6-7-8-9-10-11-12-13-14-17(22(19,20)21)15-16-18(2)3;1-6(2,3)4-5(7)8/h17H,4-16H2,1-3H3,(H,19,20,21);4H2,1-3H3. The summed E-state index contributed by atoms with van der Waals surface area (Å²) in [6.07, 6.45) is 13.5. The van der Waals surface area contributed by atoms with Crippen LogP contribution in [0.25, 0.3) is 0 Å². The van der Waals surface area contributed by atoms with Gasteiger partial charge in [-0.15, -0.1) is 0 Å². The predicted octanol–water partition coefficient (Wildman–Crippen LogP) is 2.95. The van der Waals surface area contributed by atoms with Crippen molar-refractivity contribution < 1.29 is 27.4 Å². The van der Waals surface area contributed by atoms with Crippen LogP contribution >= 0.6 is 0 Å². The SMILES string of the molecule is CCCCCCCCCCCCC(CCN(C)C)S(=O)(=O)O.C[N+](C)(C)CC(=O)[O-]. The lowest BCUT2D eigenvalue weighted by atomic mass is 10.0. The second-order valence-electron chi connectivity index (χ2n) is 9.52. The number of likely N-dealkylation sites (N-methyl/N-ethyl adjacent to an activating group) is 1. The molecule has 0 fully saturated rings. The van der Waals surface area contributed by atoms with Crippen molar-refractivity contribution in [2.45, 2.75) is 89.2 Å². The van der Waals surface area contributed by atoms with Gasteiger partial charge in [0, 0.05) is 0 Å². The minimum absolute atomic E-state index is 0.0694. The van der Waals surface area contributed by atoms with E-state index in [2.05, 4.69) is 6.92 Å². The molecule has 0 aliphatic carbocycles. The Kier molecular flexibility index (Phi) is 18.8. The van der Waals surface area contributed by atoms with Gasteiger partial charge in [-0.2, -0.15) is 8.42 Å². The zero-order chi connectivity index (χ0) is 23.6. The van der Waals surface area contributed by atoms with E-state index in [1.807, 2.05) is 19.0 Å². The van der Waals surface area contributed by atoms with Crippen LogP contribution in [0.15, 0.2) is 0 Å². The van der Waals surface area contributed by atoms with E-state index >= 15 is 0 Å². The first-order chi connectivity index (χ1) is 13.8. The summed E-state index contributed by atoms with van der Waals surface area (Å²) in [6.45, 7) is 3.00. The quantitative estimate of drug-likeness (QED) is 0.207. The maximum atomic E-state index is 11.4. The normalized spacial score (nSPS) is 13.1. The number of carboxylic acid groups (broad SMARTS) is 1. The molecule has 0 aromatic carbocycles. The molecular weight excluding hydrogens is 404 g/mol. The minimum Gasteiger partial charge on any atom is -0.544 e.